The highest BCUT2D eigenvalue weighted by Crippen LogP contribution is 2.28. The van der Waals surface area contributed by atoms with Gasteiger partial charge in [-0.25, -0.2) is 4.79 Å². The van der Waals surface area contributed by atoms with Gasteiger partial charge in [-0.2, -0.15) is 0 Å². The maximum Gasteiger partial charge on any atom is 0.315 e. The van der Waals surface area contributed by atoms with Gasteiger partial charge in [0.1, 0.15) is 0 Å². The van der Waals surface area contributed by atoms with Gasteiger partial charge < -0.3 is 15.5 Å². The van der Waals surface area contributed by atoms with E-state index < -0.39 is 0 Å². The van der Waals surface area contributed by atoms with Crippen LogP contribution in [0.1, 0.15) is 64.2 Å². The van der Waals surface area contributed by atoms with Crippen molar-refractivity contribution in [1.82, 2.24) is 20.4 Å². The second-order valence-electron chi connectivity index (χ2n) is 8.35. The lowest BCUT2D eigenvalue weighted by molar-refractivity contribution is -0.130. The van der Waals surface area contributed by atoms with Gasteiger partial charge in [-0.1, -0.05) is 25.7 Å². The smallest absolute Gasteiger partial charge is 0.315 e. The number of fused-ring (bicyclic) bond motifs is 1. The van der Waals surface area contributed by atoms with E-state index in [2.05, 4.69) is 15.5 Å². The molecule has 0 aromatic heterocycles. The van der Waals surface area contributed by atoms with Gasteiger partial charge in [-0.15, -0.1) is 0 Å². The van der Waals surface area contributed by atoms with E-state index in [1.807, 2.05) is 4.90 Å². The Morgan fingerprint density at radius 3 is 2.56 bits per heavy atom. The van der Waals surface area contributed by atoms with Gasteiger partial charge in [0.2, 0.25) is 5.91 Å². The molecule has 6 nitrogen and oxygen atoms in total. The van der Waals surface area contributed by atoms with Crippen LogP contribution in [0.5, 0.6) is 0 Å². The lowest BCUT2D eigenvalue weighted by atomic mass is 9.94. The maximum atomic E-state index is 12.4. The normalized spacial score (nSPS) is 34.2. The lowest BCUT2D eigenvalue weighted by Gasteiger charge is -2.33. The third-order valence-electron chi connectivity index (χ3n) is 6.68. The van der Waals surface area contributed by atoms with Crippen molar-refractivity contribution in [3.8, 4) is 0 Å². The Morgan fingerprint density at radius 2 is 1.72 bits per heavy atom. The van der Waals surface area contributed by atoms with Crippen molar-refractivity contribution < 1.29 is 9.59 Å². The van der Waals surface area contributed by atoms with Crippen LogP contribution in [0.3, 0.4) is 0 Å². The largest absolute Gasteiger partial charge is 0.338 e. The fourth-order valence-electron chi connectivity index (χ4n) is 5.39. The second-order valence-corrected chi connectivity index (χ2v) is 8.35. The number of carbonyl (C=O) groups excluding carboxylic acids is 2. The first-order chi connectivity index (χ1) is 12.2. The number of hydrogen-bond acceptors (Lipinski definition) is 3. The first kappa shape index (κ1) is 17.1. The van der Waals surface area contributed by atoms with Crippen LogP contribution < -0.4 is 10.6 Å². The molecule has 3 saturated heterocycles. The fraction of sp³-hybridized carbons (Fsp3) is 0.895. The molecule has 3 unspecified atom stereocenters. The summed E-state index contributed by atoms with van der Waals surface area (Å²) in [4.78, 5) is 29.4. The van der Waals surface area contributed by atoms with Crippen LogP contribution in [-0.4, -0.2) is 65.5 Å². The average molecular weight is 348 g/mol. The number of piperidine rings is 1. The molecule has 25 heavy (non-hydrogen) atoms. The van der Waals surface area contributed by atoms with Gasteiger partial charge in [-0.3, -0.25) is 9.69 Å². The molecule has 140 valence electrons. The first-order valence-corrected chi connectivity index (χ1v) is 10.3. The number of amides is 3. The van der Waals surface area contributed by atoms with Gasteiger partial charge in [0.05, 0.1) is 6.04 Å². The molecule has 0 bridgehead atoms. The predicted octanol–water partition coefficient (Wildman–Crippen LogP) is 1.85. The average Bonchev–Trinajstić information content (AvgIpc) is 3.19. The number of nitrogens with one attached hydrogen (secondary N) is 2. The maximum absolute atomic E-state index is 12.4. The number of urea groups is 1. The molecule has 2 N–H and O–H groups in total. The molecule has 0 aromatic carbocycles. The molecule has 0 radical (unpaired) electrons. The Hall–Kier alpha value is -1.30. The monoisotopic (exact) mass is 348 g/mol. The summed E-state index contributed by atoms with van der Waals surface area (Å²) in [5.74, 6) is 0.219. The summed E-state index contributed by atoms with van der Waals surface area (Å²) in [6.07, 6.45) is 11.3. The van der Waals surface area contributed by atoms with Gasteiger partial charge in [0.15, 0.2) is 0 Å². The van der Waals surface area contributed by atoms with Crippen molar-refractivity contribution in [2.75, 3.05) is 19.6 Å². The minimum atomic E-state index is -0.0827. The minimum Gasteiger partial charge on any atom is -0.338 e. The number of rotatable bonds is 3. The van der Waals surface area contributed by atoms with E-state index >= 15 is 0 Å². The van der Waals surface area contributed by atoms with Crippen molar-refractivity contribution in [3.05, 3.63) is 0 Å². The van der Waals surface area contributed by atoms with Crippen LogP contribution in [0.25, 0.3) is 0 Å². The Labute approximate surface area is 150 Å². The summed E-state index contributed by atoms with van der Waals surface area (Å²) >= 11 is 0. The molecule has 0 spiro atoms. The van der Waals surface area contributed by atoms with Crippen molar-refractivity contribution in [3.63, 3.8) is 0 Å². The van der Waals surface area contributed by atoms with Crippen LogP contribution in [0, 0.1) is 0 Å². The topological polar surface area (TPSA) is 64.7 Å². The third-order valence-corrected chi connectivity index (χ3v) is 6.68. The zero-order valence-corrected chi connectivity index (χ0v) is 15.2. The van der Waals surface area contributed by atoms with Gasteiger partial charge in [0, 0.05) is 37.6 Å². The van der Waals surface area contributed by atoms with Crippen LogP contribution in [0.2, 0.25) is 0 Å². The van der Waals surface area contributed by atoms with Crippen molar-refractivity contribution >= 4 is 11.9 Å². The molecule has 3 amide bonds. The predicted molar refractivity (Wildman–Crippen MR) is 96.3 cm³/mol. The third kappa shape index (κ3) is 3.78. The van der Waals surface area contributed by atoms with Crippen LogP contribution in [0.4, 0.5) is 4.79 Å². The standard InChI is InChI=1S/C19H32N4O2/c24-18-12-14(13-23(18)15-6-2-1-3-7-15)20-19(25)21-16-9-11-22-10-5-4-8-17(16)22/h14-17H,1-13H2,(H2,20,21,25). The molecular formula is C19H32N4O2. The summed E-state index contributed by atoms with van der Waals surface area (Å²) in [5.41, 5.74) is 0. The van der Waals surface area contributed by atoms with E-state index in [1.165, 1.54) is 45.1 Å². The molecule has 4 fully saturated rings. The molecule has 3 atom stereocenters. The Kier molecular flexibility index (Phi) is 5.15. The molecule has 4 aliphatic rings. The van der Waals surface area contributed by atoms with Gasteiger partial charge >= 0.3 is 6.03 Å². The van der Waals surface area contributed by atoms with Gasteiger partial charge in [0.25, 0.3) is 0 Å². The number of carbonyl (C=O) groups is 2. The molecule has 1 saturated carbocycles. The summed E-state index contributed by atoms with van der Waals surface area (Å²) in [6.45, 7) is 2.97. The van der Waals surface area contributed by atoms with E-state index in [0.717, 1.165) is 25.8 Å². The molecule has 6 heteroatoms. The van der Waals surface area contributed by atoms with Crippen molar-refractivity contribution in [2.45, 2.75) is 88.4 Å². The van der Waals surface area contributed by atoms with E-state index in [9.17, 15) is 9.59 Å². The Morgan fingerprint density at radius 1 is 0.920 bits per heavy atom. The van der Waals surface area contributed by atoms with Crippen molar-refractivity contribution in [1.29, 1.82) is 0 Å². The Balaban J connectivity index is 1.26. The van der Waals surface area contributed by atoms with E-state index in [1.54, 1.807) is 0 Å². The molecule has 3 aliphatic heterocycles. The van der Waals surface area contributed by atoms with E-state index in [4.69, 9.17) is 0 Å². The number of hydrogen-bond donors (Lipinski definition) is 2. The number of likely N-dealkylation sites (tertiary alicyclic amines) is 1. The quantitative estimate of drug-likeness (QED) is 0.818. The van der Waals surface area contributed by atoms with E-state index in [0.29, 0.717) is 25.0 Å². The molecule has 4 rings (SSSR count). The summed E-state index contributed by atoms with van der Waals surface area (Å²) in [7, 11) is 0. The van der Waals surface area contributed by atoms with Crippen LogP contribution >= 0.6 is 0 Å². The minimum absolute atomic E-state index is 0.0294. The SMILES string of the molecule is O=C(NC1CC(=O)N(C2CCCCC2)C1)NC1CCN2CCCCC12. The molecule has 0 aromatic rings. The summed E-state index contributed by atoms with van der Waals surface area (Å²) < 4.78 is 0. The van der Waals surface area contributed by atoms with E-state index in [-0.39, 0.29) is 24.0 Å². The second kappa shape index (κ2) is 7.52. The Bertz CT molecular complexity index is 506. The highest BCUT2D eigenvalue weighted by molar-refractivity contribution is 5.82. The molecule has 1 aliphatic carbocycles. The highest BCUT2D eigenvalue weighted by atomic mass is 16.2. The molecule has 3 heterocycles. The van der Waals surface area contributed by atoms with Crippen molar-refractivity contribution in [2.24, 2.45) is 0 Å². The first-order valence-electron chi connectivity index (χ1n) is 10.3. The highest BCUT2D eigenvalue weighted by Gasteiger charge is 2.38. The summed E-state index contributed by atoms with van der Waals surface area (Å²) in [5, 5.41) is 6.26. The van der Waals surface area contributed by atoms with Crippen LogP contribution in [0.15, 0.2) is 0 Å². The lowest BCUT2D eigenvalue weighted by Crippen LogP contribution is -2.52. The molecular weight excluding hydrogens is 316 g/mol. The van der Waals surface area contributed by atoms with Gasteiger partial charge in [-0.05, 0) is 38.6 Å². The number of nitrogens with zero attached hydrogens (tertiary/aromatic N) is 2. The van der Waals surface area contributed by atoms with Crippen LogP contribution in [-0.2, 0) is 4.79 Å². The summed E-state index contributed by atoms with van der Waals surface area (Å²) in [6, 6.07) is 1.08. The zero-order valence-electron chi connectivity index (χ0n) is 15.2. The zero-order chi connectivity index (χ0) is 17.2. The fourth-order valence-corrected chi connectivity index (χ4v) is 5.39.